The molecule has 0 spiro atoms. The predicted octanol–water partition coefficient (Wildman–Crippen LogP) is 3.91. The minimum atomic E-state index is -4.97. The molecule has 0 aliphatic rings. The Bertz CT molecular complexity index is 910. The van der Waals surface area contributed by atoms with Crippen LogP contribution in [0.3, 0.4) is 0 Å². The van der Waals surface area contributed by atoms with E-state index in [9.17, 15) is 26.4 Å². The third-order valence-corrected chi connectivity index (χ3v) is 4.54. The third-order valence-electron chi connectivity index (χ3n) is 3.01. The molecular weight excluding hydrogens is 385 g/mol. The highest BCUT2D eigenvalue weighted by Gasteiger charge is 2.38. The van der Waals surface area contributed by atoms with Gasteiger partial charge in [-0.15, -0.1) is 0 Å². The summed E-state index contributed by atoms with van der Waals surface area (Å²) in [6, 6.07) is 7.24. The van der Waals surface area contributed by atoms with Crippen LogP contribution in [-0.2, 0) is 21.0 Å². The Morgan fingerprint density at radius 2 is 1.76 bits per heavy atom. The smallest absolute Gasteiger partial charge is 0.417 e. The molecule has 0 bridgehead atoms. The van der Waals surface area contributed by atoms with Gasteiger partial charge in [0.15, 0.2) is 5.75 Å². The van der Waals surface area contributed by atoms with Gasteiger partial charge in [0.05, 0.1) is 12.7 Å². The molecule has 134 valence electrons. The number of hydrogen-bond donors (Lipinski definition) is 0. The Labute approximate surface area is 146 Å². The standard InChI is InChI=1S/C15H10ClF3O5S/c1-23-14(20)10-4-2-3-5-12(10)24-25(21,22)13-7-6-9(16)8-11(13)15(17,18)19/h2-8H,1H3. The summed E-state index contributed by atoms with van der Waals surface area (Å²) in [5.74, 6) is -1.37. The van der Waals surface area contributed by atoms with Gasteiger partial charge in [0.25, 0.3) is 0 Å². The van der Waals surface area contributed by atoms with Crippen LogP contribution < -0.4 is 4.18 Å². The molecular formula is C15H10ClF3O5S. The fraction of sp³-hybridized carbons (Fsp3) is 0.133. The van der Waals surface area contributed by atoms with Crippen LogP contribution in [0.25, 0.3) is 0 Å². The number of ether oxygens (including phenoxy) is 1. The van der Waals surface area contributed by atoms with Crippen LogP contribution >= 0.6 is 11.6 Å². The average molecular weight is 395 g/mol. The van der Waals surface area contributed by atoms with E-state index in [-0.39, 0.29) is 10.6 Å². The molecule has 0 saturated heterocycles. The molecule has 2 aromatic carbocycles. The van der Waals surface area contributed by atoms with Gasteiger partial charge in [-0.25, -0.2) is 4.79 Å². The Morgan fingerprint density at radius 3 is 2.36 bits per heavy atom. The van der Waals surface area contributed by atoms with Crippen molar-refractivity contribution in [3.63, 3.8) is 0 Å². The minimum absolute atomic E-state index is 0.254. The van der Waals surface area contributed by atoms with Crippen LogP contribution in [0.2, 0.25) is 5.02 Å². The fourth-order valence-electron chi connectivity index (χ4n) is 1.92. The van der Waals surface area contributed by atoms with E-state index >= 15 is 0 Å². The minimum Gasteiger partial charge on any atom is -0.465 e. The number of carbonyl (C=O) groups is 1. The van der Waals surface area contributed by atoms with E-state index in [0.29, 0.717) is 12.1 Å². The summed E-state index contributed by atoms with van der Waals surface area (Å²) in [5, 5.41) is -0.291. The van der Waals surface area contributed by atoms with Crippen molar-refractivity contribution in [2.24, 2.45) is 0 Å². The Kier molecular flexibility index (Phi) is 5.28. The first-order chi connectivity index (χ1) is 11.6. The SMILES string of the molecule is COC(=O)c1ccccc1OS(=O)(=O)c1ccc(Cl)cc1C(F)(F)F. The largest absolute Gasteiger partial charge is 0.465 e. The molecule has 10 heteroatoms. The van der Waals surface area contributed by atoms with E-state index < -0.39 is 38.5 Å². The number of halogens is 4. The quantitative estimate of drug-likeness (QED) is 0.581. The van der Waals surface area contributed by atoms with Crippen LogP contribution in [-0.4, -0.2) is 21.5 Å². The highest BCUT2D eigenvalue weighted by atomic mass is 35.5. The predicted molar refractivity (Wildman–Crippen MR) is 82.0 cm³/mol. The first-order valence-corrected chi connectivity index (χ1v) is 8.33. The van der Waals surface area contributed by atoms with Crippen LogP contribution in [0, 0.1) is 0 Å². The highest BCUT2D eigenvalue weighted by Crippen LogP contribution is 2.37. The number of para-hydroxylation sites is 1. The van der Waals surface area contributed by atoms with Gasteiger partial charge in [-0.1, -0.05) is 23.7 Å². The molecule has 2 rings (SSSR count). The number of rotatable bonds is 4. The number of carbonyl (C=O) groups excluding carboxylic acids is 1. The number of methoxy groups -OCH3 is 1. The first kappa shape index (κ1) is 19.1. The van der Waals surface area contributed by atoms with Gasteiger partial charge in [0, 0.05) is 5.02 Å². The maximum Gasteiger partial charge on any atom is 0.417 e. The molecule has 0 fully saturated rings. The van der Waals surface area contributed by atoms with Crippen molar-refractivity contribution in [3.05, 3.63) is 58.6 Å². The van der Waals surface area contributed by atoms with Gasteiger partial charge >= 0.3 is 22.3 Å². The zero-order chi connectivity index (χ0) is 18.8. The summed E-state index contributed by atoms with van der Waals surface area (Å²) < 4.78 is 73.2. The zero-order valence-electron chi connectivity index (χ0n) is 12.5. The monoisotopic (exact) mass is 394 g/mol. The summed E-state index contributed by atoms with van der Waals surface area (Å²) in [6.07, 6.45) is -4.97. The van der Waals surface area contributed by atoms with Crippen LogP contribution in [0.15, 0.2) is 47.4 Å². The lowest BCUT2D eigenvalue weighted by Crippen LogP contribution is -2.18. The number of hydrogen-bond acceptors (Lipinski definition) is 5. The summed E-state index contributed by atoms with van der Waals surface area (Å²) in [6.45, 7) is 0. The first-order valence-electron chi connectivity index (χ1n) is 6.55. The Morgan fingerprint density at radius 1 is 1.12 bits per heavy atom. The summed E-state index contributed by atoms with van der Waals surface area (Å²) in [5.41, 5.74) is -1.73. The van der Waals surface area contributed by atoms with E-state index in [0.717, 1.165) is 19.2 Å². The molecule has 0 aliphatic carbocycles. The topological polar surface area (TPSA) is 69.7 Å². The van der Waals surface area contributed by atoms with E-state index in [1.807, 2.05) is 0 Å². The summed E-state index contributed by atoms with van der Waals surface area (Å²) in [4.78, 5) is 10.5. The van der Waals surface area contributed by atoms with E-state index in [1.54, 1.807) is 0 Å². The van der Waals surface area contributed by atoms with Gasteiger partial charge in [0.1, 0.15) is 10.5 Å². The van der Waals surface area contributed by atoms with E-state index in [4.69, 9.17) is 15.8 Å². The zero-order valence-corrected chi connectivity index (χ0v) is 14.1. The van der Waals surface area contributed by atoms with Gasteiger partial charge in [0.2, 0.25) is 0 Å². The lowest BCUT2D eigenvalue weighted by atomic mass is 10.2. The number of alkyl halides is 3. The molecule has 0 aliphatic heterocycles. The third kappa shape index (κ3) is 4.23. The van der Waals surface area contributed by atoms with Gasteiger partial charge in [-0.3, -0.25) is 0 Å². The molecule has 25 heavy (non-hydrogen) atoms. The second-order valence-corrected chi connectivity index (χ2v) is 6.61. The normalized spacial score (nSPS) is 11.9. The molecule has 0 heterocycles. The van der Waals surface area contributed by atoms with Crippen molar-refractivity contribution in [3.8, 4) is 5.75 Å². The fourth-order valence-corrected chi connectivity index (χ4v) is 3.25. The second kappa shape index (κ2) is 6.93. The van der Waals surface area contributed by atoms with Gasteiger partial charge < -0.3 is 8.92 Å². The molecule has 5 nitrogen and oxygen atoms in total. The molecule has 0 unspecified atom stereocenters. The lowest BCUT2D eigenvalue weighted by Gasteiger charge is -2.15. The van der Waals surface area contributed by atoms with Gasteiger partial charge in [-0.05, 0) is 30.3 Å². The molecule has 0 saturated carbocycles. The van der Waals surface area contributed by atoms with Crippen molar-refractivity contribution in [1.29, 1.82) is 0 Å². The molecule has 0 amide bonds. The lowest BCUT2D eigenvalue weighted by molar-refractivity contribution is -0.139. The van der Waals surface area contributed by atoms with E-state index in [2.05, 4.69) is 4.74 Å². The van der Waals surface area contributed by atoms with Crippen molar-refractivity contribution < 1.29 is 35.3 Å². The van der Waals surface area contributed by atoms with Crippen LogP contribution in [0.1, 0.15) is 15.9 Å². The van der Waals surface area contributed by atoms with Crippen molar-refractivity contribution in [2.45, 2.75) is 11.1 Å². The molecule has 0 radical (unpaired) electrons. The van der Waals surface area contributed by atoms with Crippen molar-refractivity contribution in [2.75, 3.05) is 7.11 Å². The van der Waals surface area contributed by atoms with E-state index in [1.165, 1.54) is 18.2 Å². The molecule has 2 aromatic rings. The average Bonchev–Trinajstić information content (AvgIpc) is 2.53. The molecule has 0 atom stereocenters. The summed E-state index contributed by atoms with van der Waals surface area (Å²) >= 11 is 5.52. The highest BCUT2D eigenvalue weighted by molar-refractivity contribution is 7.87. The second-order valence-electron chi connectivity index (χ2n) is 4.66. The maximum atomic E-state index is 13.1. The molecule has 0 aromatic heterocycles. The van der Waals surface area contributed by atoms with Crippen molar-refractivity contribution in [1.82, 2.24) is 0 Å². The Balaban J connectivity index is 2.54. The maximum absolute atomic E-state index is 13.1. The van der Waals surface area contributed by atoms with Crippen molar-refractivity contribution >= 4 is 27.7 Å². The summed E-state index contributed by atoms with van der Waals surface area (Å²) in [7, 11) is -3.83. The van der Waals surface area contributed by atoms with Crippen LogP contribution in [0.5, 0.6) is 5.75 Å². The number of esters is 1. The van der Waals surface area contributed by atoms with Crippen LogP contribution in [0.4, 0.5) is 13.2 Å². The van der Waals surface area contributed by atoms with Gasteiger partial charge in [-0.2, -0.15) is 21.6 Å². The molecule has 0 N–H and O–H groups in total. The number of benzene rings is 2. The Hall–Kier alpha value is -2.26.